The Morgan fingerprint density at radius 3 is 2.71 bits per heavy atom. The van der Waals surface area contributed by atoms with Gasteiger partial charge < -0.3 is 21.1 Å². The molecule has 1 atom stereocenters. The normalized spacial score (nSPS) is 12.6. The van der Waals surface area contributed by atoms with Crippen LogP contribution in [-0.2, 0) is 16.1 Å². The predicted octanol–water partition coefficient (Wildman–Crippen LogP) is 0.694. The first kappa shape index (κ1) is 16.8. The Morgan fingerprint density at radius 2 is 2.14 bits per heavy atom. The number of carbonyl (C=O) groups is 2. The lowest BCUT2D eigenvalue weighted by atomic mass is 10.2. The van der Waals surface area contributed by atoms with E-state index in [2.05, 4.69) is 15.7 Å². The second-order valence-corrected chi connectivity index (χ2v) is 5.82. The molecule has 21 heavy (non-hydrogen) atoms. The summed E-state index contributed by atoms with van der Waals surface area (Å²) in [5, 5.41) is 9.82. The van der Waals surface area contributed by atoms with E-state index in [9.17, 15) is 9.59 Å². The third-order valence-electron chi connectivity index (χ3n) is 2.32. The van der Waals surface area contributed by atoms with Gasteiger partial charge in [-0.05, 0) is 27.7 Å². The Hall–Kier alpha value is -2.25. The largest absolute Gasteiger partial charge is 0.444 e. The number of nitrogens with two attached hydrogens (primary N) is 1. The number of aromatic nitrogens is 2. The summed E-state index contributed by atoms with van der Waals surface area (Å²) in [6, 6.07) is -0.0243. The van der Waals surface area contributed by atoms with Crippen molar-refractivity contribution in [2.24, 2.45) is 5.73 Å². The van der Waals surface area contributed by atoms with Gasteiger partial charge in [0.15, 0.2) is 0 Å². The lowest BCUT2D eigenvalue weighted by molar-refractivity contribution is -0.118. The summed E-state index contributed by atoms with van der Waals surface area (Å²) in [6.45, 7) is 7.76. The van der Waals surface area contributed by atoms with Gasteiger partial charge >= 0.3 is 6.09 Å². The summed E-state index contributed by atoms with van der Waals surface area (Å²) in [6.07, 6.45) is 2.81. The van der Waals surface area contributed by atoms with Crippen molar-refractivity contribution in [3.8, 4) is 0 Å². The van der Waals surface area contributed by atoms with Crippen molar-refractivity contribution in [1.29, 1.82) is 0 Å². The van der Waals surface area contributed by atoms with Gasteiger partial charge in [0, 0.05) is 18.8 Å². The Labute approximate surface area is 124 Å². The number of anilines is 1. The number of hydrogen-bond acceptors (Lipinski definition) is 5. The summed E-state index contributed by atoms with van der Waals surface area (Å²) < 4.78 is 6.58. The van der Waals surface area contributed by atoms with Crippen molar-refractivity contribution in [2.75, 3.05) is 11.9 Å². The SMILES string of the molecule is CC(CNC(=O)OC(C)(C)C)Nc1cnn(CC(N)=O)c1. The molecule has 1 rings (SSSR count). The lowest BCUT2D eigenvalue weighted by Crippen LogP contribution is -2.38. The highest BCUT2D eigenvalue weighted by molar-refractivity contribution is 5.73. The van der Waals surface area contributed by atoms with E-state index in [1.165, 1.54) is 4.68 Å². The Bertz CT molecular complexity index is 492. The highest BCUT2D eigenvalue weighted by Crippen LogP contribution is 2.08. The number of carbonyl (C=O) groups excluding carboxylic acids is 2. The molecule has 1 aromatic rings. The van der Waals surface area contributed by atoms with Crippen molar-refractivity contribution in [2.45, 2.75) is 45.9 Å². The molecule has 0 bridgehead atoms. The molecular formula is C13H23N5O3. The third kappa shape index (κ3) is 7.19. The monoisotopic (exact) mass is 297 g/mol. The highest BCUT2D eigenvalue weighted by Gasteiger charge is 2.16. The number of primary amides is 1. The molecule has 1 aromatic heterocycles. The van der Waals surface area contributed by atoms with Crippen LogP contribution in [0.15, 0.2) is 12.4 Å². The molecule has 2 amide bonds. The van der Waals surface area contributed by atoms with Gasteiger partial charge in [-0.25, -0.2) is 4.79 Å². The van der Waals surface area contributed by atoms with E-state index in [1.54, 1.807) is 33.2 Å². The fourth-order valence-corrected chi connectivity index (χ4v) is 1.57. The van der Waals surface area contributed by atoms with Crippen LogP contribution >= 0.6 is 0 Å². The first-order valence-corrected chi connectivity index (χ1v) is 6.70. The first-order chi connectivity index (χ1) is 9.65. The van der Waals surface area contributed by atoms with Gasteiger partial charge in [0.05, 0.1) is 11.9 Å². The Kier molecular flexibility index (Phi) is 5.57. The zero-order chi connectivity index (χ0) is 16.0. The van der Waals surface area contributed by atoms with Crippen molar-refractivity contribution >= 4 is 17.7 Å². The molecule has 0 fully saturated rings. The number of rotatable bonds is 6. The van der Waals surface area contributed by atoms with E-state index < -0.39 is 17.6 Å². The first-order valence-electron chi connectivity index (χ1n) is 6.70. The molecule has 0 saturated carbocycles. The smallest absolute Gasteiger partial charge is 0.407 e. The van der Waals surface area contributed by atoms with Crippen LogP contribution in [0.1, 0.15) is 27.7 Å². The molecule has 0 radical (unpaired) electrons. The molecule has 118 valence electrons. The highest BCUT2D eigenvalue weighted by atomic mass is 16.6. The van der Waals surface area contributed by atoms with Crippen molar-refractivity contribution in [3.63, 3.8) is 0 Å². The fourth-order valence-electron chi connectivity index (χ4n) is 1.57. The minimum atomic E-state index is -0.517. The summed E-state index contributed by atoms with van der Waals surface area (Å²) in [4.78, 5) is 22.3. The minimum Gasteiger partial charge on any atom is -0.444 e. The molecule has 1 unspecified atom stereocenters. The summed E-state index contributed by atoms with van der Waals surface area (Å²) in [7, 11) is 0. The molecule has 0 saturated heterocycles. The quantitative estimate of drug-likeness (QED) is 0.715. The molecule has 0 aliphatic heterocycles. The zero-order valence-corrected chi connectivity index (χ0v) is 12.8. The van der Waals surface area contributed by atoms with Crippen molar-refractivity contribution in [3.05, 3.63) is 12.4 Å². The van der Waals surface area contributed by atoms with E-state index in [0.717, 1.165) is 5.69 Å². The van der Waals surface area contributed by atoms with Gasteiger partial charge in [-0.3, -0.25) is 9.48 Å². The molecule has 0 spiro atoms. The molecule has 8 heteroatoms. The van der Waals surface area contributed by atoms with Crippen molar-refractivity contribution in [1.82, 2.24) is 15.1 Å². The van der Waals surface area contributed by atoms with Gasteiger partial charge in [0.1, 0.15) is 12.1 Å². The topological polar surface area (TPSA) is 111 Å². The molecule has 4 N–H and O–H groups in total. The summed E-state index contributed by atoms with van der Waals surface area (Å²) in [5.74, 6) is -0.454. The van der Waals surface area contributed by atoms with E-state index in [-0.39, 0.29) is 12.6 Å². The second-order valence-electron chi connectivity index (χ2n) is 5.82. The van der Waals surface area contributed by atoms with E-state index >= 15 is 0 Å². The maximum atomic E-state index is 11.5. The van der Waals surface area contributed by atoms with Crippen LogP contribution in [0.5, 0.6) is 0 Å². The Balaban J connectivity index is 2.36. The fraction of sp³-hybridized carbons (Fsp3) is 0.615. The molecule has 1 heterocycles. The van der Waals surface area contributed by atoms with Crippen LogP contribution in [0.2, 0.25) is 0 Å². The van der Waals surface area contributed by atoms with Gasteiger partial charge in [0.25, 0.3) is 0 Å². The summed E-state index contributed by atoms with van der Waals surface area (Å²) >= 11 is 0. The summed E-state index contributed by atoms with van der Waals surface area (Å²) in [5.41, 5.74) is 5.31. The molecular weight excluding hydrogens is 274 g/mol. The Morgan fingerprint density at radius 1 is 1.48 bits per heavy atom. The number of alkyl carbamates (subject to hydrolysis) is 1. The minimum absolute atomic E-state index is 0.0243. The van der Waals surface area contributed by atoms with Crippen LogP contribution in [-0.4, -0.2) is 40.0 Å². The number of nitrogens with one attached hydrogen (secondary N) is 2. The number of hydrogen-bond donors (Lipinski definition) is 3. The van der Waals surface area contributed by atoms with Gasteiger partial charge in [-0.1, -0.05) is 0 Å². The average Bonchev–Trinajstić information content (AvgIpc) is 2.70. The average molecular weight is 297 g/mol. The standard InChI is InChI=1S/C13H23N5O3/c1-9(5-15-12(20)21-13(2,3)4)17-10-6-16-18(7-10)8-11(14)19/h6-7,9,17H,5,8H2,1-4H3,(H2,14,19)(H,15,20). The predicted molar refractivity (Wildman–Crippen MR) is 78.7 cm³/mol. The van der Waals surface area contributed by atoms with E-state index in [0.29, 0.717) is 6.54 Å². The third-order valence-corrected chi connectivity index (χ3v) is 2.32. The van der Waals surface area contributed by atoms with Crippen LogP contribution in [0.3, 0.4) is 0 Å². The maximum Gasteiger partial charge on any atom is 0.407 e. The molecule has 0 aliphatic rings. The number of ether oxygens (including phenoxy) is 1. The van der Waals surface area contributed by atoms with Gasteiger partial charge in [0.2, 0.25) is 5.91 Å². The van der Waals surface area contributed by atoms with Crippen LogP contribution < -0.4 is 16.4 Å². The molecule has 8 nitrogen and oxygen atoms in total. The van der Waals surface area contributed by atoms with E-state index in [4.69, 9.17) is 10.5 Å². The van der Waals surface area contributed by atoms with E-state index in [1.807, 2.05) is 6.92 Å². The second kappa shape index (κ2) is 6.96. The number of nitrogens with zero attached hydrogens (tertiary/aromatic N) is 2. The van der Waals surface area contributed by atoms with Gasteiger partial charge in [-0.15, -0.1) is 0 Å². The number of amides is 2. The van der Waals surface area contributed by atoms with Crippen LogP contribution in [0, 0.1) is 0 Å². The van der Waals surface area contributed by atoms with Gasteiger partial charge in [-0.2, -0.15) is 5.10 Å². The molecule has 0 aromatic carbocycles. The van der Waals surface area contributed by atoms with Crippen molar-refractivity contribution < 1.29 is 14.3 Å². The lowest BCUT2D eigenvalue weighted by Gasteiger charge is -2.21. The molecule has 0 aliphatic carbocycles. The van der Waals surface area contributed by atoms with Crippen LogP contribution in [0.25, 0.3) is 0 Å². The maximum absolute atomic E-state index is 11.5. The zero-order valence-electron chi connectivity index (χ0n) is 12.8. The van der Waals surface area contributed by atoms with Crippen LogP contribution in [0.4, 0.5) is 10.5 Å².